The number of ether oxygens (including phenoxy) is 1. The van der Waals surface area contributed by atoms with E-state index in [4.69, 9.17) is 4.74 Å². The summed E-state index contributed by atoms with van der Waals surface area (Å²) in [5.74, 6) is 0.885. The molecule has 1 aromatic rings. The third-order valence-corrected chi connectivity index (χ3v) is 3.55. The van der Waals surface area contributed by atoms with Gasteiger partial charge in [-0.2, -0.15) is 0 Å². The molecule has 0 aromatic heterocycles. The normalized spacial score (nSPS) is 16.9. The van der Waals surface area contributed by atoms with Gasteiger partial charge in [-0.3, -0.25) is 9.69 Å². The van der Waals surface area contributed by atoms with E-state index in [1.54, 1.807) is 0 Å². The average molecular weight is 261 g/mol. The fourth-order valence-electron chi connectivity index (χ4n) is 2.56. The molecule has 104 valence electrons. The van der Waals surface area contributed by atoms with E-state index in [1.165, 1.54) is 25.7 Å². The summed E-state index contributed by atoms with van der Waals surface area (Å²) in [4.78, 5) is 14.7. The summed E-state index contributed by atoms with van der Waals surface area (Å²) in [7, 11) is 0. The van der Waals surface area contributed by atoms with Gasteiger partial charge in [0.15, 0.2) is 5.78 Å². The lowest BCUT2D eigenvalue weighted by atomic mass is 10.1. The van der Waals surface area contributed by atoms with Crippen molar-refractivity contribution in [3.8, 4) is 5.75 Å². The zero-order valence-corrected chi connectivity index (χ0v) is 11.7. The molecule has 0 bridgehead atoms. The standard InChI is InChI=1S/C16H23NO2/c1-2-19-16-10-6-5-9-14(16)15(18)13-17-11-7-3-4-8-12-17/h5-6,9-10H,2-4,7-8,11-13H2,1H3. The molecule has 1 heterocycles. The van der Waals surface area contributed by atoms with Crippen LogP contribution in [0.1, 0.15) is 43.0 Å². The minimum absolute atomic E-state index is 0.172. The van der Waals surface area contributed by atoms with Crippen LogP contribution in [-0.2, 0) is 0 Å². The number of likely N-dealkylation sites (tertiary alicyclic amines) is 1. The van der Waals surface area contributed by atoms with E-state index in [-0.39, 0.29) is 5.78 Å². The quantitative estimate of drug-likeness (QED) is 0.763. The maximum absolute atomic E-state index is 12.4. The van der Waals surface area contributed by atoms with Crippen molar-refractivity contribution in [3.05, 3.63) is 29.8 Å². The second-order valence-corrected chi connectivity index (χ2v) is 5.04. The van der Waals surface area contributed by atoms with E-state index in [9.17, 15) is 4.79 Å². The van der Waals surface area contributed by atoms with Crippen LogP contribution in [0.4, 0.5) is 0 Å². The molecule has 1 saturated heterocycles. The SMILES string of the molecule is CCOc1ccccc1C(=O)CN1CCCCCC1. The third kappa shape index (κ3) is 4.06. The Balaban J connectivity index is 2.02. The topological polar surface area (TPSA) is 29.5 Å². The van der Waals surface area contributed by atoms with Crippen molar-refractivity contribution in [2.45, 2.75) is 32.6 Å². The number of nitrogens with zero attached hydrogens (tertiary/aromatic N) is 1. The highest BCUT2D eigenvalue weighted by Crippen LogP contribution is 2.19. The summed E-state index contributed by atoms with van der Waals surface area (Å²) in [5, 5.41) is 0. The highest BCUT2D eigenvalue weighted by atomic mass is 16.5. The van der Waals surface area contributed by atoms with Crippen molar-refractivity contribution >= 4 is 5.78 Å². The zero-order chi connectivity index (χ0) is 13.5. The lowest BCUT2D eigenvalue weighted by Gasteiger charge is -2.19. The Hall–Kier alpha value is -1.35. The van der Waals surface area contributed by atoms with E-state index in [0.29, 0.717) is 24.5 Å². The summed E-state index contributed by atoms with van der Waals surface area (Å²) in [5.41, 5.74) is 0.716. The number of carbonyl (C=O) groups is 1. The molecule has 0 atom stereocenters. The predicted octanol–water partition coefficient (Wildman–Crippen LogP) is 3.14. The average Bonchev–Trinajstić information content (AvgIpc) is 2.68. The Labute approximate surface area is 115 Å². The van der Waals surface area contributed by atoms with Crippen molar-refractivity contribution in [3.63, 3.8) is 0 Å². The Morgan fingerprint density at radius 3 is 2.53 bits per heavy atom. The van der Waals surface area contributed by atoms with Crippen LogP contribution >= 0.6 is 0 Å². The number of hydrogen-bond donors (Lipinski definition) is 0. The first kappa shape index (κ1) is 14.1. The molecule has 0 N–H and O–H groups in total. The van der Waals surface area contributed by atoms with Crippen LogP contribution in [0.5, 0.6) is 5.75 Å². The Morgan fingerprint density at radius 1 is 1.16 bits per heavy atom. The van der Waals surface area contributed by atoms with Gasteiger partial charge in [0.1, 0.15) is 5.75 Å². The summed E-state index contributed by atoms with van der Waals surface area (Å²) in [6.07, 6.45) is 5.00. The summed E-state index contributed by atoms with van der Waals surface area (Å²) in [6, 6.07) is 7.55. The monoisotopic (exact) mass is 261 g/mol. The fourth-order valence-corrected chi connectivity index (χ4v) is 2.56. The molecule has 1 aromatic carbocycles. The van der Waals surface area contributed by atoms with E-state index in [2.05, 4.69) is 4.90 Å². The van der Waals surface area contributed by atoms with Crippen molar-refractivity contribution < 1.29 is 9.53 Å². The predicted molar refractivity (Wildman–Crippen MR) is 76.8 cm³/mol. The van der Waals surface area contributed by atoms with Crippen LogP contribution in [0.2, 0.25) is 0 Å². The van der Waals surface area contributed by atoms with Crippen molar-refractivity contribution in [2.24, 2.45) is 0 Å². The van der Waals surface area contributed by atoms with Gasteiger partial charge in [-0.25, -0.2) is 0 Å². The van der Waals surface area contributed by atoms with Crippen LogP contribution in [0.3, 0.4) is 0 Å². The molecule has 3 nitrogen and oxygen atoms in total. The van der Waals surface area contributed by atoms with Crippen molar-refractivity contribution in [1.29, 1.82) is 0 Å². The van der Waals surface area contributed by atoms with Gasteiger partial charge >= 0.3 is 0 Å². The second-order valence-electron chi connectivity index (χ2n) is 5.04. The Bertz CT molecular complexity index is 409. The zero-order valence-electron chi connectivity index (χ0n) is 11.7. The molecule has 0 aliphatic carbocycles. The van der Waals surface area contributed by atoms with Crippen LogP contribution < -0.4 is 4.74 Å². The smallest absolute Gasteiger partial charge is 0.180 e. The molecule has 19 heavy (non-hydrogen) atoms. The van der Waals surface area contributed by atoms with Gasteiger partial charge in [0.05, 0.1) is 18.7 Å². The van der Waals surface area contributed by atoms with E-state index >= 15 is 0 Å². The maximum Gasteiger partial charge on any atom is 0.180 e. The Kier molecular flexibility index (Phi) is 5.40. The van der Waals surface area contributed by atoms with Crippen LogP contribution in [0.15, 0.2) is 24.3 Å². The Morgan fingerprint density at radius 2 is 1.84 bits per heavy atom. The van der Waals surface area contributed by atoms with E-state index < -0.39 is 0 Å². The maximum atomic E-state index is 12.4. The van der Waals surface area contributed by atoms with Crippen LogP contribution in [0.25, 0.3) is 0 Å². The molecule has 0 amide bonds. The molecule has 0 spiro atoms. The lowest BCUT2D eigenvalue weighted by Crippen LogP contribution is -2.31. The molecule has 3 heteroatoms. The molecule has 1 aliphatic rings. The van der Waals surface area contributed by atoms with Gasteiger partial charge in [0.25, 0.3) is 0 Å². The number of hydrogen-bond acceptors (Lipinski definition) is 3. The number of benzene rings is 1. The van der Waals surface area contributed by atoms with E-state index in [1.807, 2.05) is 31.2 Å². The molecule has 0 unspecified atom stereocenters. The summed E-state index contributed by atoms with van der Waals surface area (Å²) < 4.78 is 5.53. The molecular weight excluding hydrogens is 238 g/mol. The molecule has 1 fully saturated rings. The number of carbonyl (C=O) groups excluding carboxylic acids is 1. The van der Waals surface area contributed by atoms with Crippen molar-refractivity contribution in [1.82, 2.24) is 4.90 Å². The third-order valence-electron chi connectivity index (χ3n) is 3.55. The van der Waals surface area contributed by atoms with Gasteiger partial charge in [-0.15, -0.1) is 0 Å². The lowest BCUT2D eigenvalue weighted by molar-refractivity contribution is 0.0929. The highest BCUT2D eigenvalue weighted by molar-refractivity contribution is 6.00. The summed E-state index contributed by atoms with van der Waals surface area (Å²) >= 11 is 0. The minimum Gasteiger partial charge on any atom is -0.493 e. The number of Topliss-reactive ketones (excluding diaryl/α,β-unsaturated/α-hetero) is 1. The van der Waals surface area contributed by atoms with Gasteiger partial charge in [-0.05, 0) is 45.0 Å². The summed E-state index contributed by atoms with van der Waals surface area (Å²) in [6.45, 7) is 5.14. The highest BCUT2D eigenvalue weighted by Gasteiger charge is 2.17. The van der Waals surface area contributed by atoms with Crippen LogP contribution in [0, 0.1) is 0 Å². The molecule has 1 aliphatic heterocycles. The van der Waals surface area contributed by atoms with Crippen LogP contribution in [-0.4, -0.2) is 36.9 Å². The molecule has 0 saturated carbocycles. The van der Waals surface area contributed by atoms with Gasteiger partial charge < -0.3 is 4.74 Å². The molecular formula is C16H23NO2. The number of rotatable bonds is 5. The number of ketones is 1. The number of para-hydroxylation sites is 1. The first-order valence-corrected chi connectivity index (χ1v) is 7.28. The van der Waals surface area contributed by atoms with E-state index in [0.717, 1.165) is 13.1 Å². The molecule has 0 radical (unpaired) electrons. The van der Waals surface area contributed by atoms with Gasteiger partial charge in [0.2, 0.25) is 0 Å². The second kappa shape index (κ2) is 7.29. The minimum atomic E-state index is 0.172. The first-order valence-electron chi connectivity index (χ1n) is 7.28. The largest absolute Gasteiger partial charge is 0.493 e. The van der Waals surface area contributed by atoms with Gasteiger partial charge in [-0.1, -0.05) is 25.0 Å². The van der Waals surface area contributed by atoms with Gasteiger partial charge in [0, 0.05) is 0 Å². The first-order chi connectivity index (χ1) is 9.31. The fraction of sp³-hybridized carbons (Fsp3) is 0.562. The molecule has 2 rings (SSSR count). The van der Waals surface area contributed by atoms with Crippen molar-refractivity contribution in [2.75, 3.05) is 26.2 Å².